The molecule has 0 aliphatic carbocycles. The van der Waals surface area contributed by atoms with Crippen LogP contribution in [0.3, 0.4) is 0 Å². The molecule has 0 aliphatic rings. The molecule has 0 saturated carbocycles. The van der Waals surface area contributed by atoms with Gasteiger partial charge in [0, 0.05) is 11.8 Å². The zero-order chi connectivity index (χ0) is 17.0. The largest absolute Gasteiger partial charge is 0.494 e. The molecule has 0 saturated heterocycles. The summed E-state index contributed by atoms with van der Waals surface area (Å²) in [5.41, 5.74) is 3.60. The number of benzene rings is 2. The number of methoxy groups -OCH3 is 1. The number of para-hydroxylation sites is 1. The summed E-state index contributed by atoms with van der Waals surface area (Å²) in [5.74, 6) is 0.352. The van der Waals surface area contributed by atoms with E-state index < -0.39 is 4.92 Å². The summed E-state index contributed by atoms with van der Waals surface area (Å²) in [6, 6.07) is 10.3. The van der Waals surface area contributed by atoms with Crippen molar-refractivity contribution in [2.75, 3.05) is 17.7 Å². The van der Waals surface area contributed by atoms with E-state index in [4.69, 9.17) is 17.0 Å². The zero-order valence-corrected chi connectivity index (χ0v) is 13.9. The zero-order valence-electron chi connectivity index (χ0n) is 13.0. The molecule has 2 aromatic rings. The number of thiocarbonyl (C=S) groups is 1. The van der Waals surface area contributed by atoms with Crippen molar-refractivity contribution < 1.29 is 9.66 Å². The monoisotopic (exact) mass is 331 g/mol. The van der Waals surface area contributed by atoms with Crippen molar-refractivity contribution in [1.82, 2.24) is 0 Å². The number of rotatable bonds is 4. The van der Waals surface area contributed by atoms with E-state index in [1.54, 1.807) is 6.07 Å². The molecule has 0 unspecified atom stereocenters. The van der Waals surface area contributed by atoms with Gasteiger partial charge in [-0.25, -0.2) is 0 Å². The van der Waals surface area contributed by atoms with Gasteiger partial charge in [0.1, 0.15) is 5.75 Å². The summed E-state index contributed by atoms with van der Waals surface area (Å²) in [6.07, 6.45) is 0. The molecular formula is C16H17N3O3S. The molecule has 0 atom stereocenters. The summed E-state index contributed by atoms with van der Waals surface area (Å²) in [7, 11) is 1.45. The summed E-state index contributed by atoms with van der Waals surface area (Å²) in [6.45, 7) is 3.98. The Morgan fingerprint density at radius 3 is 2.39 bits per heavy atom. The second-order valence-electron chi connectivity index (χ2n) is 4.99. The van der Waals surface area contributed by atoms with Gasteiger partial charge in [0.2, 0.25) is 0 Å². The number of anilines is 2. The minimum atomic E-state index is -0.473. The van der Waals surface area contributed by atoms with Crippen LogP contribution in [0.1, 0.15) is 11.1 Å². The third-order valence-corrected chi connectivity index (χ3v) is 3.57. The summed E-state index contributed by atoms with van der Waals surface area (Å²) >= 11 is 5.32. The highest BCUT2D eigenvalue weighted by molar-refractivity contribution is 7.80. The van der Waals surface area contributed by atoms with E-state index in [1.807, 2.05) is 32.0 Å². The normalized spacial score (nSPS) is 10.0. The number of nitrogens with zero attached hydrogens (tertiary/aromatic N) is 1. The van der Waals surface area contributed by atoms with Crippen molar-refractivity contribution in [3.8, 4) is 5.75 Å². The smallest absolute Gasteiger partial charge is 0.273 e. The molecule has 7 heteroatoms. The van der Waals surface area contributed by atoms with Gasteiger partial charge in [0.25, 0.3) is 5.69 Å². The first-order valence-electron chi connectivity index (χ1n) is 6.89. The molecule has 0 aromatic heterocycles. The molecule has 0 amide bonds. The predicted octanol–water partition coefficient (Wildman–Crippen LogP) is 4.03. The van der Waals surface area contributed by atoms with Crippen LogP contribution in [0, 0.1) is 24.0 Å². The van der Waals surface area contributed by atoms with Gasteiger partial charge < -0.3 is 15.4 Å². The third-order valence-electron chi connectivity index (χ3n) is 3.36. The quantitative estimate of drug-likeness (QED) is 0.500. The molecule has 0 fully saturated rings. The van der Waals surface area contributed by atoms with Crippen molar-refractivity contribution in [3.63, 3.8) is 0 Å². The second-order valence-corrected chi connectivity index (χ2v) is 5.40. The fourth-order valence-corrected chi connectivity index (χ4v) is 2.39. The predicted molar refractivity (Wildman–Crippen MR) is 95.4 cm³/mol. The molecule has 0 heterocycles. The van der Waals surface area contributed by atoms with Crippen LogP contribution in [0.25, 0.3) is 0 Å². The maximum absolute atomic E-state index is 10.8. The van der Waals surface area contributed by atoms with Crippen molar-refractivity contribution in [3.05, 3.63) is 57.6 Å². The van der Waals surface area contributed by atoms with E-state index in [2.05, 4.69) is 10.6 Å². The van der Waals surface area contributed by atoms with Crippen LogP contribution < -0.4 is 15.4 Å². The topological polar surface area (TPSA) is 76.4 Å². The maximum Gasteiger partial charge on any atom is 0.273 e. The number of nitro groups is 1. The first-order chi connectivity index (χ1) is 10.9. The van der Waals surface area contributed by atoms with Crippen LogP contribution in [0.5, 0.6) is 5.75 Å². The molecule has 2 N–H and O–H groups in total. The summed E-state index contributed by atoms with van der Waals surface area (Å²) in [5, 5.41) is 17.3. The summed E-state index contributed by atoms with van der Waals surface area (Å²) < 4.78 is 5.18. The van der Waals surface area contributed by atoms with Crippen LogP contribution in [-0.2, 0) is 0 Å². The molecule has 0 aliphatic heterocycles. The molecule has 2 rings (SSSR count). The molecule has 0 bridgehead atoms. The Morgan fingerprint density at radius 1 is 1.17 bits per heavy atom. The molecule has 6 nitrogen and oxygen atoms in total. The molecular weight excluding hydrogens is 314 g/mol. The average Bonchev–Trinajstić information content (AvgIpc) is 2.51. The van der Waals surface area contributed by atoms with Crippen LogP contribution in [0.4, 0.5) is 17.1 Å². The van der Waals surface area contributed by atoms with Gasteiger partial charge >= 0.3 is 0 Å². The van der Waals surface area contributed by atoms with Crippen molar-refractivity contribution in [1.29, 1.82) is 0 Å². The van der Waals surface area contributed by atoms with Crippen molar-refractivity contribution in [2.45, 2.75) is 13.8 Å². The van der Waals surface area contributed by atoms with Crippen LogP contribution in [-0.4, -0.2) is 17.1 Å². The van der Waals surface area contributed by atoms with Gasteiger partial charge in [0.05, 0.1) is 23.8 Å². The lowest BCUT2D eigenvalue weighted by atomic mass is 10.1. The summed E-state index contributed by atoms with van der Waals surface area (Å²) in [4.78, 5) is 10.3. The number of aryl methyl sites for hydroxylation is 2. The maximum atomic E-state index is 10.8. The number of hydrogen-bond acceptors (Lipinski definition) is 4. The standard InChI is InChI=1S/C16H17N3O3S/c1-10-5-4-6-11(2)15(10)18-16(23)17-13-8-7-12(19(20)21)9-14(13)22-3/h4-9H,1-3H3,(H2,17,18,23). The lowest BCUT2D eigenvalue weighted by molar-refractivity contribution is -0.384. The second kappa shape index (κ2) is 7.06. The highest BCUT2D eigenvalue weighted by Gasteiger charge is 2.13. The van der Waals surface area contributed by atoms with Gasteiger partial charge in [-0.2, -0.15) is 0 Å². The molecule has 0 spiro atoms. The number of nitro benzene ring substituents is 1. The Morgan fingerprint density at radius 2 is 1.83 bits per heavy atom. The van der Waals surface area contributed by atoms with E-state index in [-0.39, 0.29) is 5.69 Å². The Balaban J connectivity index is 2.19. The highest BCUT2D eigenvalue weighted by Crippen LogP contribution is 2.29. The Hall–Kier alpha value is -2.67. The lowest BCUT2D eigenvalue weighted by Gasteiger charge is -2.16. The van der Waals surface area contributed by atoms with E-state index in [9.17, 15) is 10.1 Å². The van der Waals surface area contributed by atoms with Crippen LogP contribution in [0.2, 0.25) is 0 Å². The first kappa shape index (κ1) is 16.7. The minimum absolute atomic E-state index is 0.0407. The minimum Gasteiger partial charge on any atom is -0.494 e. The van der Waals surface area contributed by atoms with E-state index in [0.717, 1.165) is 16.8 Å². The van der Waals surface area contributed by atoms with Gasteiger partial charge in [-0.15, -0.1) is 0 Å². The third kappa shape index (κ3) is 3.95. The van der Waals surface area contributed by atoms with Crippen LogP contribution >= 0.6 is 12.2 Å². The highest BCUT2D eigenvalue weighted by atomic mass is 32.1. The molecule has 120 valence electrons. The number of non-ortho nitro benzene ring substituents is 1. The van der Waals surface area contributed by atoms with Crippen molar-refractivity contribution >= 4 is 34.4 Å². The Bertz CT molecular complexity index is 742. The number of ether oxygens (including phenoxy) is 1. The Labute approximate surface area is 139 Å². The number of nitrogens with one attached hydrogen (secondary N) is 2. The van der Waals surface area contributed by atoms with Gasteiger partial charge in [0.15, 0.2) is 5.11 Å². The van der Waals surface area contributed by atoms with Crippen LogP contribution in [0.15, 0.2) is 36.4 Å². The van der Waals surface area contributed by atoms with Gasteiger partial charge in [-0.1, -0.05) is 18.2 Å². The average molecular weight is 331 g/mol. The fraction of sp³-hybridized carbons (Fsp3) is 0.188. The fourth-order valence-electron chi connectivity index (χ4n) is 2.18. The lowest BCUT2D eigenvalue weighted by Crippen LogP contribution is -2.20. The van der Waals surface area contributed by atoms with Gasteiger partial charge in [-0.05, 0) is 43.3 Å². The molecule has 0 radical (unpaired) electrons. The Kier molecular flexibility index (Phi) is 5.13. The van der Waals surface area contributed by atoms with Crippen molar-refractivity contribution in [2.24, 2.45) is 0 Å². The number of hydrogen-bond donors (Lipinski definition) is 2. The molecule has 23 heavy (non-hydrogen) atoms. The molecule has 2 aromatic carbocycles. The SMILES string of the molecule is COc1cc([N+](=O)[O-])ccc1NC(=S)Nc1c(C)cccc1C. The van der Waals surface area contributed by atoms with E-state index in [1.165, 1.54) is 19.2 Å². The van der Waals surface area contributed by atoms with Gasteiger partial charge in [-0.3, -0.25) is 10.1 Å². The van der Waals surface area contributed by atoms with E-state index >= 15 is 0 Å². The van der Waals surface area contributed by atoms with E-state index in [0.29, 0.717) is 16.5 Å². The first-order valence-corrected chi connectivity index (χ1v) is 7.30.